The van der Waals surface area contributed by atoms with Crippen molar-refractivity contribution in [1.29, 1.82) is 0 Å². The quantitative estimate of drug-likeness (QED) is 0.467. The normalized spacial score (nSPS) is 9.93. The van der Waals surface area contributed by atoms with Crippen molar-refractivity contribution in [1.82, 2.24) is 0 Å². The minimum Gasteiger partial charge on any atom is -0.433 e. The predicted molar refractivity (Wildman–Crippen MR) is 49.5 cm³/mol. The number of hydrogen-bond acceptors (Lipinski definition) is 2. The second kappa shape index (κ2) is 4.90. The van der Waals surface area contributed by atoms with Gasteiger partial charge < -0.3 is 4.74 Å². The average Bonchev–Trinajstić information content (AvgIpc) is 2.11. The van der Waals surface area contributed by atoms with Gasteiger partial charge in [0, 0.05) is 4.91 Å². The Morgan fingerprint density at radius 2 is 2.13 bits per heavy atom. The van der Waals surface area contributed by atoms with Crippen molar-refractivity contribution in [2.24, 2.45) is 5.11 Å². The van der Waals surface area contributed by atoms with E-state index < -0.39 is 18.2 Å². The summed E-state index contributed by atoms with van der Waals surface area (Å²) in [7, 11) is 0. The smallest absolute Gasteiger partial charge is 0.387 e. The third-order valence-electron chi connectivity index (χ3n) is 1.35. The summed E-state index contributed by atoms with van der Waals surface area (Å²) in [5.74, 6) is -1.13. The van der Waals surface area contributed by atoms with Gasteiger partial charge in [-0.1, -0.05) is 5.11 Å². The molecule has 0 saturated heterocycles. The number of hydrogen-bond donors (Lipinski definition) is 0. The summed E-state index contributed by atoms with van der Waals surface area (Å²) in [6, 6.07) is 1.72. The molecule has 15 heavy (non-hydrogen) atoms. The van der Waals surface area contributed by atoms with E-state index in [0.717, 1.165) is 12.1 Å². The molecule has 1 aromatic carbocycles. The largest absolute Gasteiger partial charge is 0.433 e. The summed E-state index contributed by atoms with van der Waals surface area (Å²) in [6.07, 6.45) is 0. The molecule has 0 aliphatic heterocycles. The minimum absolute atomic E-state index is 0.0507. The molecule has 8 heteroatoms. The number of alkyl halides is 2. The molecule has 0 spiro atoms. The molecule has 0 aromatic heterocycles. The zero-order valence-corrected chi connectivity index (χ0v) is 8.58. The van der Waals surface area contributed by atoms with Crippen LogP contribution >= 0.6 is 15.9 Å². The van der Waals surface area contributed by atoms with Gasteiger partial charge in [0.25, 0.3) is 0 Å². The van der Waals surface area contributed by atoms with Crippen LogP contribution in [0.3, 0.4) is 0 Å². The second-order valence-electron chi connectivity index (χ2n) is 2.30. The van der Waals surface area contributed by atoms with Gasteiger partial charge in [0.2, 0.25) is 0 Å². The highest BCUT2D eigenvalue weighted by molar-refractivity contribution is 9.10. The first kappa shape index (κ1) is 11.7. The summed E-state index contributed by atoms with van der Waals surface area (Å²) in [6.45, 7) is -3.08. The van der Waals surface area contributed by atoms with E-state index >= 15 is 0 Å². The molecule has 0 unspecified atom stereocenters. The lowest BCUT2D eigenvalue weighted by molar-refractivity contribution is -0.0499. The van der Waals surface area contributed by atoms with E-state index in [0.29, 0.717) is 0 Å². The molecule has 1 aromatic rings. The number of halogens is 4. The summed E-state index contributed by atoms with van der Waals surface area (Å²) in [4.78, 5) is 2.37. The molecule has 0 saturated carbocycles. The van der Waals surface area contributed by atoms with Gasteiger partial charge >= 0.3 is 6.61 Å². The lowest BCUT2D eigenvalue weighted by Gasteiger charge is -2.09. The third-order valence-corrected chi connectivity index (χ3v) is 1.94. The van der Waals surface area contributed by atoms with Crippen LogP contribution in [0.15, 0.2) is 21.7 Å². The molecule has 0 atom stereocenters. The Hall–Kier alpha value is -1.40. The van der Waals surface area contributed by atoms with E-state index in [1.54, 1.807) is 0 Å². The molecule has 0 aliphatic carbocycles. The van der Waals surface area contributed by atoms with Crippen molar-refractivity contribution in [3.05, 3.63) is 32.9 Å². The molecule has 0 fully saturated rings. The monoisotopic (exact) mass is 281 g/mol. The number of rotatable bonds is 3. The van der Waals surface area contributed by atoms with E-state index in [-0.39, 0.29) is 10.2 Å². The molecule has 1 rings (SSSR count). The Labute approximate surface area is 90.4 Å². The molecule has 0 radical (unpaired) electrons. The maximum atomic E-state index is 12.8. The third kappa shape index (κ3) is 3.03. The van der Waals surface area contributed by atoms with Crippen molar-refractivity contribution >= 4 is 21.6 Å². The Morgan fingerprint density at radius 3 is 2.67 bits per heavy atom. The summed E-state index contributed by atoms with van der Waals surface area (Å²) in [5.41, 5.74) is 7.79. The second-order valence-corrected chi connectivity index (χ2v) is 3.16. The van der Waals surface area contributed by atoms with E-state index in [4.69, 9.17) is 5.53 Å². The zero-order valence-electron chi connectivity index (χ0n) is 6.99. The van der Waals surface area contributed by atoms with Crippen molar-refractivity contribution in [3.63, 3.8) is 0 Å². The molecule has 4 nitrogen and oxygen atoms in total. The highest BCUT2D eigenvalue weighted by Crippen LogP contribution is 2.37. The van der Waals surface area contributed by atoms with Crippen LogP contribution in [0, 0.1) is 5.82 Å². The van der Waals surface area contributed by atoms with E-state index in [1.807, 2.05) is 0 Å². The van der Waals surface area contributed by atoms with Crippen LogP contribution in [0.1, 0.15) is 0 Å². The standard InChI is InChI=1S/C7H3BrF3N3O/c8-4-1-3(9)2-5(13-14-12)6(4)15-7(10)11/h1-2,7H. The Balaban J connectivity index is 3.26. The summed E-state index contributed by atoms with van der Waals surface area (Å²) < 4.78 is 40.7. The summed E-state index contributed by atoms with van der Waals surface area (Å²) in [5, 5.41) is 3.03. The van der Waals surface area contributed by atoms with Gasteiger partial charge in [0.15, 0.2) is 0 Å². The number of ether oxygens (including phenoxy) is 1. The molecule has 0 bridgehead atoms. The predicted octanol–water partition coefficient (Wildman–Crippen LogP) is 4.13. The van der Waals surface area contributed by atoms with E-state index in [2.05, 4.69) is 30.7 Å². The van der Waals surface area contributed by atoms with E-state index in [1.165, 1.54) is 0 Å². The fourth-order valence-electron chi connectivity index (χ4n) is 0.875. The zero-order chi connectivity index (χ0) is 11.4. The summed E-state index contributed by atoms with van der Waals surface area (Å²) >= 11 is 2.81. The molecule has 0 N–H and O–H groups in total. The van der Waals surface area contributed by atoms with Gasteiger partial charge in [0.1, 0.15) is 11.6 Å². The Morgan fingerprint density at radius 1 is 1.47 bits per heavy atom. The van der Waals surface area contributed by atoms with Crippen molar-refractivity contribution in [2.75, 3.05) is 0 Å². The van der Waals surface area contributed by atoms with Gasteiger partial charge in [-0.15, -0.1) is 0 Å². The SMILES string of the molecule is [N-]=[N+]=Nc1cc(F)cc(Br)c1OC(F)F. The lowest BCUT2D eigenvalue weighted by Crippen LogP contribution is -2.02. The van der Waals surface area contributed by atoms with Crippen molar-refractivity contribution in [3.8, 4) is 5.75 Å². The van der Waals surface area contributed by atoms with Crippen molar-refractivity contribution < 1.29 is 17.9 Å². The fourth-order valence-corrected chi connectivity index (χ4v) is 1.39. The average molecular weight is 282 g/mol. The van der Waals surface area contributed by atoms with Crippen molar-refractivity contribution in [2.45, 2.75) is 6.61 Å². The van der Waals surface area contributed by atoms with Gasteiger partial charge in [-0.05, 0) is 33.6 Å². The van der Waals surface area contributed by atoms with Crippen LogP contribution in [0.2, 0.25) is 0 Å². The van der Waals surface area contributed by atoms with Gasteiger partial charge in [0.05, 0.1) is 10.2 Å². The lowest BCUT2D eigenvalue weighted by atomic mass is 10.3. The van der Waals surface area contributed by atoms with Gasteiger partial charge in [-0.3, -0.25) is 0 Å². The highest BCUT2D eigenvalue weighted by Gasteiger charge is 2.14. The van der Waals surface area contributed by atoms with Crippen LogP contribution in [-0.4, -0.2) is 6.61 Å². The highest BCUT2D eigenvalue weighted by atomic mass is 79.9. The molecule has 0 aliphatic rings. The maximum absolute atomic E-state index is 12.8. The number of nitrogens with zero attached hydrogens (tertiary/aromatic N) is 3. The first-order chi connectivity index (χ1) is 7.04. The molecular formula is C7H3BrF3N3O. The number of azide groups is 1. The maximum Gasteiger partial charge on any atom is 0.387 e. The van der Waals surface area contributed by atoms with Crippen LogP contribution in [0.25, 0.3) is 10.4 Å². The van der Waals surface area contributed by atoms with Gasteiger partial charge in [-0.2, -0.15) is 8.78 Å². The Bertz CT molecular complexity index is 420. The van der Waals surface area contributed by atoms with Crippen LogP contribution in [-0.2, 0) is 0 Å². The molecule has 80 valence electrons. The minimum atomic E-state index is -3.08. The topological polar surface area (TPSA) is 58.0 Å². The van der Waals surface area contributed by atoms with Crippen LogP contribution < -0.4 is 4.74 Å². The molecule has 0 heterocycles. The molecule has 0 amide bonds. The molecular weight excluding hydrogens is 279 g/mol. The first-order valence-corrected chi connectivity index (χ1v) is 4.33. The van der Waals surface area contributed by atoms with Crippen LogP contribution in [0.4, 0.5) is 18.9 Å². The van der Waals surface area contributed by atoms with Crippen LogP contribution in [0.5, 0.6) is 5.75 Å². The fraction of sp³-hybridized carbons (Fsp3) is 0.143. The number of benzene rings is 1. The Kier molecular flexibility index (Phi) is 3.81. The first-order valence-electron chi connectivity index (χ1n) is 3.53. The van der Waals surface area contributed by atoms with Gasteiger partial charge in [-0.25, -0.2) is 4.39 Å². The van der Waals surface area contributed by atoms with E-state index in [9.17, 15) is 13.2 Å².